The van der Waals surface area contributed by atoms with Gasteiger partial charge >= 0.3 is 0 Å². The summed E-state index contributed by atoms with van der Waals surface area (Å²) in [4.78, 5) is 19.7. The summed E-state index contributed by atoms with van der Waals surface area (Å²) in [6.07, 6.45) is 8.34. The van der Waals surface area contributed by atoms with E-state index in [1.54, 1.807) is 18.6 Å². The number of pyridine rings is 2. The molecule has 132 valence electrons. The summed E-state index contributed by atoms with van der Waals surface area (Å²) >= 11 is 0. The number of anilines is 1. The van der Waals surface area contributed by atoms with Gasteiger partial charge in [0.25, 0.3) is 0 Å². The molecule has 0 unspecified atom stereocenters. The fourth-order valence-corrected chi connectivity index (χ4v) is 3.38. The summed E-state index contributed by atoms with van der Waals surface area (Å²) < 4.78 is 0. The maximum atomic E-state index is 10.6. The number of aromatic nitrogens is 4. The molecule has 0 amide bonds. The normalized spacial score (nSPS) is 16.4. The standard InChI is InChI=1S/C20H21N5O/c26-19(18-5-1-2-10-22-18)15-7-12-25(13-8-15)20-23-11-6-17(24-20)16-4-3-9-21-14-16/h1-6,9-11,14-15,19,26H,7-8,12-13H2/t19-/m0/s1. The minimum atomic E-state index is -0.513. The highest BCUT2D eigenvalue weighted by atomic mass is 16.3. The Hall–Kier alpha value is -2.86. The second-order valence-electron chi connectivity index (χ2n) is 6.51. The van der Waals surface area contributed by atoms with Crippen LogP contribution in [0, 0.1) is 5.92 Å². The van der Waals surface area contributed by atoms with Crippen molar-refractivity contribution in [1.82, 2.24) is 19.9 Å². The van der Waals surface area contributed by atoms with Crippen LogP contribution in [0.1, 0.15) is 24.6 Å². The maximum absolute atomic E-state index is 10.6. The molecule has 0 bridgehead atoms. The van der Waals surface area contributed by atoms with E-state index in [9.17, 15) is 5.11 Å². The van der Waals surface area contributed by atoms with Gasteiger partial charge in [-0.15, -0.1) is 0 Å². The Bertz CT molecular complexity index is 835. The van der Waals surface area contributed by atoms with Crippen molar-refractivity contribution < 1.29 is 5.11 Å². The quantitative estimate of drug-likeness (QED) is 0.782. The van der Waals surface area contributed by atoms with Crippen LogP contribution < -0.4 is 4.90 Å². The number of rotatable bonds is 4. The molecule has 6 heteroatoms. The second kappa shape index (κ2) is 7.58. The Labute approximate surface area is 152 Å². The summed E-state index contributed by atoms with van der Waals surface area (Å²) in [6, 6.07) is 11.5. The summed E-state index contributed by atoms with van der Waals surface area (Å²) in [6.45, 7) is 1.65. The van der Waals surface area contributed by atoms with Gasteiger partial charge in [0.2, 0.25) is 5.95 Å². The summed E-state index contributed by atoms with van der Waals surface area (Å²) in [5.41, 5.74) is 2.61. The molecular formula is C20H21N5O. The van der Waals surface area contributed by atoms with Crippen LogP contribution in [0.15, 0.2) is 61.2 Å². The van der Waals surface area contributed by atoms with Gasteiger partial charge in [-0.05, 0) is 49.1 Å². The van der Waals surface area contributed by atoms with Gasteiger partial charge in [0.15, 0.2) is 0 Å². The molecule has 1 atom stereocenters. The zero-order valence-corrected chi connectivity index (χ0v) is 14.4. The van der Waals surface area contributed by atoms with Crippen LogP contribution in [0.2, 0.25) is 0 Å². The first-order chi connectivity index (χ1) is 12.8. The highest BCUT2D eigenvalue weighted by Crippen LogP contribution is 2.31. The number of aliphatic hydroxyl groups excluding tert-OH is 1. The van der Waals surface area contributed by atoms with Gasteiger partial charge in [-0.1, -0.05) is 6.07 Å². The molecule has 6 nitrogen and oxygen atoms in total. The van der Waals surface area contributed by atoms with Crippen LogP contribution in [-0.4, -0.2) is 38.1 Å². The Kier molecular flexibility index (Phi) is 4.84. The van der Waals surface area contributed by atoms with E-state index in [0.717, 1.165) is 48.8 Å². The molecule has 1 fully saturated rings. The Morgan fingerprint density at radius 3 is 2.58 bits per heavy atom. The van der Waals surface area contributed by atoms with Gasteiger partial charge in [0.1, 0.15) is 0 Å². The smallest absolute Gasteiger partial charge is 0.225 e. The van der Waals surface area contributed by atoms with Crippen molar-refractivity contribution in [2.75, 3.05) is 18.0 Å². The minimum absolute atomic E-state index is 0.211. The molecule has 0 aromatic carbocycles. The molecule has 1 aliphatic rings. The van der Waals surface area contributed by atoms with E-state index < -0.39 is 6.10 Å². The van der Waals surface area contributed by atoms with Crippen molar-refractivity contribution in [3.63, 3.8) is 0 Å². The zero-order valence-electron chi connectivity index (χ0n) is 14.4. The van der Waals surface area contributed by atoms with Crippen molar-refractivity contribution in [1.29, 1.82) is 0 Å². The average Bonchev–Trinajstić information content (AvgIpc) is 2.75. The van der Waals surface area contributed by atoms with Gasteiger partial charge in [-0.2, -0.15) is 0 Å². The van der Waals surface area contributed by atoms with E-state index in [1.165, 1.54) is 0 Å². The van der Waals surface area contributed by atoms with E-state index in [-0.39, 0.29) is 5.92 Å². The molecule has 3 aromatic rings. The molecule has 1 N–H and O–H groups in total. The molecular weight excluding hydrogens is 326 g/mol. The zero-order chi connectivity index (χ0) is 17.8. The average molecular weight is 347 g/mol. The number of hydrogen-bond donors (Lipinski definition) is 1. The third-order valence-electron chi connectivity index (χ3n) is 4.86. The van der Waals surface area contributed by atoms with Crippen molar-refractivity contribution in [2.24, 2.45) is 5.92 Å². The Balaban J connectivity index is 1.44. The van der Waals surface area contributed by atoms with Crippen LogP contribution in [0.3, 0.4) is 0 Å². The number of hydrogen-bond acceptors (Lipinski definition) is 6. The fourth-order valence-electron chi connectivity index (χ4n) is 3.38. The summed E-state index contributed by atoms with van der Waals surface area (Å²) in [5, 5.41) is 10.6. The van der Waals surface area contributed by atoms with E-state index in [4.69, 9.17) is 4.98 Å². The van der Waals surface area contributed by atoms with Crippen LogP contribution in [0.4, 0.5) is 5.95 Å². The highest BCUT2D eigenvalue weighted by molar-refractivity contribution is 5.58. The van der Waals surface area contributed by atoms with Crippen molar-refractivity contribution in [2.45, 2.75) is 18.9 Å². The van der Waals surface area contributed by atoms with Gasteiger partial charge in [-0.25, -0.2) is 9.97 Å². The predicted molar refractivity (Wildman–Crippen MR) is 99.4 cm³/mol. The van der Waals surface area contributed by atoms with Gasteiger partial charge in [0.05, 0.1) is 17.5 Å². The van der Waals surface area contributed by atoms with Crippen molar-refractivity contribution in [3.05, 3.63) is 66.9 Å². The lowest BCUT2D eigenvalue weighted by molar-refractivity contribution is 0.0889. The molecule has 26 heavy (non-hydrogen) atoms. The largest absolute Gasteiger partial charge is 0.387 e. The van der Waals surface area contributed by atoms with E-state index in [0.29, 0.717) is 0 Å². The van der Waals surface area contributed by atoms with E-state index in [1.807, 2.05) is 42.6 Å². The maximum Gasteiger partial charge on any atom is 0.225 e. The molecule has 1 aliphatic heterocycles. The molecule has 4 heterocycles. The second-order valence-corrected chi connectivity index (χ2v) is 6.51. The SMILES string of the molecule is O[C@H](c1ccccn1)C1CCN(c2nccc(-c3cccnc3)n2)CC1. The van der Waals surface area contributed by atoms with Gasteiger partial charge in [0, 0.05) is 43.4 Å². The lowest BCUT2D eigenvalue weighted by Crippen LogP contribution is -2.36. The van der Waals surface area contributed by atoms with Crippen LogP contribution in [0.25, 0.3) is 11.3 Å². The Morgan fingerprint density at radius 1 is 0.962 bits per heavy atom. The summed E-state index contributed by atoms with van der Waals surface area (Å²) in [5.74, 6) is 0.944. The number of nitrogens with zero attached hydrogens (tertiary/aromatic N) is 5. The molecule has 1 saturated heterocycles. The summed E-state index contributed by atoms with van der Waals surface area (Å²) in [7, 11) is 0. The minimum Gasteiger partial charge on any atom is -0.387 e. The van der Waals surface area contributed by atoms with Gasteiger partial charge < -0.3 is 10.0 Å². The van der Waals surface area contributed by atoms with Crippen LogP contribution >= 0.6 is 0 Å². The first-order valence-electron chi connectivity index (χ1n) is 8.88. The van der Waals surface area contributed by atoms with Crippen LogP contribution in [-0.2, 0) is 0 Å². The third-order valence-corrected chi connectivity index (χ3v) is 4.86. The van der Waals surface area contributed by atoms with E-state index >= 15 is 0 Å². The molecule has 3 aromatic heterocycles. The lowest BCUT2D eigenvalue weighted by atomic mass is 9.89. The van der Waals surface area contributed by atoms with Gasteiger partial charge in [-0.3, -0.25) is 9.97 Å². The molecule has 0 spiro atoms. The number of piperidine rings is 1. The van der Waals surface area contributed by atoms with Crippen LogP contribution in [0.5, 0.6) is 0 Å². The third kappa shape index (κ3) is 3.55. The van der Waals surface area contributed by atoms with Crippen molar-refractivity contribution in [3.8, 4) is 11.3 Å². The Morgan fingerprint density at radius 2 is 1.85 bits per heavy atom. The topological polar surface area (TPSA) is 75.0 Å². The first-order valence-corrected chi connectivity index (χ1v) is 8.88. The molecule has 0 radical (unpaired) electrons. The molecule has 0 saturated carbocycles. The number of aliphatic hydroxyl groups is 1. The fraction of sp³-hybridized carbons (Fsp3) is 0.300. The molecule has 4 rings (SSSR count). The first kappa shape index (κ1) is 16.6. The molecule has 0 aliphatic carbocycles. The lowest BCUT2D eigenvalue weighted by Gasteiger charge is -2.34. The monoisotopic (exact) mass is 347 g/mol. The highest BCUT2D eigenvalue weighted by Gasteiger charge is 2.28. The van der Waals surface area contributed by atoms with E-state index in [2.05, 4.69) is 19.9 Å². The predicted octanol–water partition coefficient (Wildman–Crippen LogP) is 2.88. The van der Waals surface area contributed by atoms with Crippen molar-refractivity contribution >= 4 is 5.95 Å².